The van der Waals surface area contributed by atoms with Crippen LogP contribution < -0.4 is 5.32 Å². The van der Waals surface area contributed by atoms with Crippen LogP contribution in [-0.4, -0.2) is 39.9 Å². The van der Waals surface area contributed by atoms with Gasteiger partial charge in [-0.05, 0) is 50.0 Å². The minimum Gasteiger partial charge on any atom is -0.319 e. The van der Waals surface area contributed by atoms with Crippen molar-refractivity contribution in [2.75, 3.05) is 27.2 Å². The molecule has 0 bridgehead atoms. The quantitative estimate of drug-likeness (QED) is 0.800. The largest absolute Gasteiger partial charge is 0.319 e. The Kier molecular flexibility index (Phi) is 6.65. The molecule has 0 heterocycles. The molecule has 0 fully saturated rings. The van der Waals surface area contributed by atoms with Crippen molar-refractivity contribution in [2.24, 2.45) is 5.92 Å². The number of hydrogen-bond donors (Lipinski definition) is 1. The fraction of sp³-hybridized carbons (Fsp3) is 0.600. The highest BCUT2D eigenvalue weighted by Crippen LogP contribution is 2.16. The zero-order chi connectivity index (χ0) is 15.2. The van der Waals surface area contributed by atoms with Crippen molar-refractivity contribution in [1.29, 1.82) is 0 Å². The van der Waals surface area contributed by atoms with Gasteiger partial charge in [0.05, 0.1) is 4.90 Å². The summed E-state index contributed by atoms with van der Waals surface area (Å²) in [7, 11) is 0.197. The molecule has 0 spiro atoms. The Morgan fingerprint density at radius 2 is 1.80 bits per heavy atom. The van der Waals surface area contributed by atoms with E-state index < -0.39 is 10.0 Å². The van der Waals surface area contributed by atoms with Crippen molar-refractivity contribution in [3.8, 4) is 0 Å². The Labute approximate surface area is 123 Å². The first-order chi connectivity index (χ1) is 9.37. The van der Waals surface area contributed by atoms with Gasteiger partial charge in [-0.3, -0.25) is 0 Å². The van der Waals surface area contributed by atoms with Gasteiger partial charge in [0.1, 0.15) is 0 Å². The SMILES string of the molecule is CNCCc1ccc(S(=O)(=O)N(C)CCC(C)C)cc1. The third-order valence-electron chi connectivity index (χ3n) is 3.32. The van der Waals surface area contributed by atoms with Crippen LogP contribution in [0.15, 0.2) is 29.2 Å². The third kappa shape index (κ3) is 4.89. The molecule has 0 saturated carbocycles. The lowest BCUT2D eigenvalue weighted by atomic mass is 10.1. The van der Waals surface area contributed by atoms with Crippen molar-refractivity contribution >= 4 is 10.0 Å². The number of likely N-dealkylation sites (N-methyl/N-ethyl adjacent to an activating group) is 1. The standard InChI is InChI=1S/C15H26N2O2S/c1-13(2)10-12-17(4)20(18,19)15-7-5-14(6-8-15)9-11-16-3/h5-8,13,16H,9-12H2,1-4H3. The summed E-state index contributed by atoms with van der Waals surface area (Å²) < 4.78 is 26.2. The van der Waals surface area contributed by atoms with Crippen LogP contribution in [0.3, 0.4) is 0 Å². The molecule has 1 aromatic carbocycles. The van der Waals surface area contributed by atoms with Crippen molar-refractivity contribution in [2.45, 2.75) is 31.6 Å². The van der Waals surface area contributed by atoms with E-state index in [1.54, 1.807) is 19.2 Å². The van der Waals surface area contributed by atoms with Gasteiger partial charge in [0, 0.05) is 13.6 Å². The van der Waals surface area contributed by atoms with Gasteiger partial charge in [-0.2, -0.15) is 0 Å². The summed E-state index contributed by atoms with van der Waals surface area (Å²) in [5, 5.41) is 3.08. The molecular weight excluding hydrogens is 272 g/mol. The van der Waals surface area contributed by atoms with Crippen LogP contribution in [0.4, 0.5) is 0 Å². The maximum Gasteiger partial charge on any atom is 0.242 e. The van der Waals surface area contributed by atoms with Crippen LogP contribution in [0.5, 0.6) is 0 Å². The Balaban J connectivity index is 2.76. The molecule has 0 unspecified atom stereocenters. The molecule has 0 atom stereocenters. The summed E-state index contributed by atoms with van der Waals surface area (Å²) in [5.74, 6) is 0.497. The molecule has 0 amide bonds. The van der Waals surface area contributed by atoms with Crippen molar-refractivity contribution < 1.29 is 8.42 Å². The van der Waals surface area contributed by atoms with Gasteiger partial charge in [0.15, 0.2) is 0 Å². The highest BCUT2D eigenvalue weighted by atomic mass is 32.2. The van der Waals surface area contributed by atoms with Crippen LogP contribution in [0.25, 0.3) is 0 Å². The second kappa shape index (κ2) is 7.76. The van der Waals surface area contributed by atoms with E-state index in [-0.39, 0.29) is 0 Å². The summed E-state index contributed by atoms with van der Waals surface area (Å²) >= 11 is 0. The van der Waals surface area contributed by atoms with Crippen LogP contribution >= 0.6 is 0 Å². The van der Waals surface area contributed by atoms with Crippen LogP contribution in [0, 0.1) is 5.92 Å². The molecule has 1 aromatic rings. The Bertz CT molecular complexity index is 495. The summed E-state index contributed by atoms with van der Waals surface area (Å²) in [6.45, 7) is 5.63. The third-order valence-corrected chi connectivity index (χ3v) is 5.19. The van der Waals surface area contributed by atoms with Gasteiger partial charge in [-0.15, -0.1) is 0 Å². The van der Waals surface area contributed by atoms with E-state index in [2.05, 4.69) is 19.2 Å². The summed E-state index contributed by atoms with van der Waals surface area (Å²) in [5.41, 5.74) is 1.14. The van der Waals surface area contributed by atoms with Crippen LogP contribution in [0.2, 0.25) is 0 Å². The van der Waals surface area contributed by atoms with Crippen molar-refractivity contribution in [3.63, 3.8) is 0 Å². The monoisotopic (exact) mass is 298 g/mol. The zero-order valence-corrected chi connectivity index (χ0v) is 13.7. The number of hydrogen-bond acceptors (Lipinski definition) is 3. The molecule has 5 heteroatoms. The van der Waals surface area contributed by atoms with E-state index in [9.17, 15) is 8.42 Å². The van der Waals surface area contributed by atoms with E-state index in [4.69, 9.17) is 0 Å². The second-order valence-corrected chi connectivity index (χ2v) is 7.55. The van der Waals surface area contributed by atoms with E-state index in [1.165, 1.54) is 4.31 Å². The van der Waals surface area contributed by atoms with Crippen LogP contribution in [-0.2, 0) is 16.4 Å². The minimum atomic E-state index is -3.35. The van der Waals surface area contributed by atoms with Gasteiger partial charge >= 0.3 is 0 Å². The molecule has 0 aliphatic carbocycles. The molecule has 114 valence electrons. The van der Waals surface area contributed by atoms with Crippen LogP contribution in [0.1, 0.15) is 25.8 Å². The Morgan fingerprint density at radius 1 is 1.20 bits per heavy atom. The number of nitrogens with zero attached hydrogens (tertiary/aromatic N) is 1. The molecule has 0 aromatic heterocycles. The molecule has 1 rings (SSSR count). The fourth-order valence-corrected chi connectivity index (χ4v) is 3.02. The summed E-state index contributed by atoms with van der Waals surface area (Å²) in [6.07, 6.45) is 1.77. The second-order valence-electron chi connectivity index (χ2n) is 5.51. The zero-order valence-electron chi connectivity index (χ0n) is 12.9. The minimum absolute atomic E-state index is 0.372. The first kappa shape index (κ1) is 17.1. The van der Waals surface area contributed by atoms with Gasteiger partial charge < -0.3 is 5.32 Å². The van der Waals surface area contributed by atoms with Gasteiger partial charge in [0.2, 0.25) is 10.0 Å². The summed E-state index contributed by atoms with van der Waals surface area (Å²) in [6, 6.07) is 7.18. The van der Waals surface area contributed by atoms with E-state index >= 15 is 0 Å². The lowest BCUT2D eigenvalue weighted by Gasteiger charge is -2.18. The van der Waals surface area contributed by atoms with E-state index in [0.717, 1.165) is 24.9 Å². The molecule has 0 aliphatic heterocycles. The smallest absolute Gasteiger partial charge is 0.242 e. The fourth-order valence-electron chi connectivity index (χ4n) is 1.84. The first-order valence-electron chi connectivity index (χ1n) is 7.07. The van der Waals surface area contributed by atoms with Crippen molar-refractivity contribution in [1.82, 2.24) is 9.62 Å². The van der Waals surface area contributed by atoms with Gasteiger partial charge in [-0.1, -0.05) is 26.0 Å². The topological polar surface area (TPSA) is 49.4 Å². The van der Waals surface area contributed by atoms with Crippen molar-refractivity contribution in [3.05, 3.63) is 29.8 Å². The molecule has 0 aliphatic rings. The number of benzene rings is 1. The maximum absolute atomic E-state index is 12.4. The summed E-state index contributed by atoms with van der Waals surface area (Å²) in [4.78, 5) is 0.372. The Morgan fingerprint density at radius 3 is 2.30 bits per heavy atom. The number of nitrogens with one attached hydrogen (secondary N) is 1. The molecule has 1 N–H and O–H groups in total. The molecule has 20 heavy (non-hydrogen) atoms. The highest BCUT2D eigenvalue weighted by Gasteiger charge is 2.20. The average molecular weight is 298 g/mol. The van der Waals surface area contributed by atoms with E-state index in [1.807, 2.05) is 19.2 Å². The lowest BCUT2D eigenvalue weighted by Crippen LogP contribution is -2.28. The Hall–Kier alpha value is -0.910. The van der Waals surface area contributed by atoms with Gasteiger partial charge in [-0.25, -0.2) is 12.7 Å². The number of rotatable bonds is 8. The predicted octanol–water partition coefficient (Wildman–Crippen LogP) is 2.12. The number of sulfonamides is 1. The molecular formula is C15H26N2O2S. The highest BCUT2D eigenvalue weighted by molar-refractivity contribution is 7.89. The maximum atomic E-state index is 12.4. The van der Waals surface area contributed by atoms with E-state index in [0.29, 0.717) is 17.4 Å². The predicted molar refractivity (Wildman–Crippen MR) is 83.3 cm³/mol. The lowest BCUT2D eigenvalue weighted by molar-refractivity contribution is 0.428. The normalized spacial score (nSPS) is 12.3. The van der Waals surface area contributed by atoms with Gasteiger partial charge in [0.25, 0.3) is 0 Å². The molecule has 4 nitrogen and oxygen atoms in total. The molecule has 0 saturated heterocycles. The first-order valence-corrected chi connectivity index (χ1v) is 8.51. The molecule has 0 radical (unpaired) electrons. The average Bonchev–Trinajstić information content (AvgIpc) is 2.42.